The molecule has 6 heteroatoms. The first-order valence-corrected chi connectivity index (χ1v) is 31.5. The van der Waals surface area contributed by atoms with E-state index in [-0.39, 0.29) is 20.1 Å². The number of rotatable bonds is 9. The maximum atomic E-state index is 6.44. The molecule has 0 fully saturated rings. The van der Waals surface area contributed by atoms with E-state index in [0.29, 0.717) is 17.8 Å². The van der Waals surface area contributed by atoms with Crippen LogP contribution in [-0.4, -0.2) is 27.8 Å². The van der Waals surface area contributed by atoms with Crippen LogP contribution >= 0.6 is 0 Å². The zero-order valence-electron chi connectivity index (χ0n) is 41.1. The van der Waals surface area contributed by atoms with E-state index in [1.165, 1.54) is 55.0 Å². The first-order valence-electron chi connectivity index (χ1n) is 24.2. The first-order chi connectivity index (χ1) is 32.8. The Bertz CT molecular complexity index is 3590. The van der Waals surface area contributed by atoms with Gasteiger partial charge >= 0.3 is 126 Å². The van der Waals surface area contributed by atoms with Crippen molar-refractivity contribution in [1.29, 1.82) is 0 Å². The third-order valence-electron chi connectivity index (χ3n) is 13.2. The summed E-state index contributed by atoms with van der Waals surface area (Å²) < 4.78 is 10.4. The molecule has 347 valence electrons. The number of furan rings is 1. The van der Waals surface area contributed by atoms with Crippen LogP contribution in [0.5, 0.6) is 0 Å². The zero-order chi connectivity index (χ0) is 47.3. The number of benzene rings is 8. The van der Waals surface area contributed by atoms with Gasteiger partial charge in [-0.15, -0.1) is 23.8 Å². The van der Waals surface area contributed by atoms with Crippen LogP contribution in [0.2, 0.25) is 17.3 Å². The van der Waals surface area contributed by atoms with Gasteiger partial charge in [0.05, 0.1) is 22.4 Å². The van der Waals surface area contributed by atoms with Crippen LogP contribution in [0.4, 0.5) is 0 Å². The van der Waals surface area contributed by atoms with Crippen LogP contribution in [0.25, 0.3) is 94.0 Å². The Labute approximate surface area is 423 Å². The molecule has 11 rings (SSSR count). The van der Waals surface area contributed by atoms with E-state index < -0.39 is 13.3 Å². The monoisotopic (exact) mass is 1140 g/mol. The minimum Gasteiger partial charge on any atom is -0.500 e. The van der Waals surface area contributed by atoms with Gasteiger partial charge in [0.1, 0.15) is 5.58 Å². The summed E-state index contributed by atoms with van der Waals surface area (Å²) in [5.74, 6) is 9.47. The molecule has 69 heavy (non-hydrogen) atoms. The van der Waals surface area contributed by atoms with Gasteiger partial charge in [-0.1, -0.05) is 99.8 Å². The average Bonchev–Trinajstić information content (AvgIpc) is 3.90. The maximum absolute atomic E-state index is 6.44. The predicted octanol–water partition coefficient (Wildman–Crippen LogP) is 16.9. The van der Waals surface area contributed by atoms with Gasteiger partial charge in [0.25, 0.3) is 0 Å². The Morgan fingerprint density at radius 3 is 1.88 bits per heavy atom. The maximum Gasteiger partial charge on any atom is 0.121 e. The second-order valence-electron chi connectivity index (χ2n) is 20.4. The Morgan fingerprint density at radius 2 is 1.23 bits per heavy atom. The fourth-order valence-electron chi connectivity index (χ4n) is 9.82. The van der Waals surface area contributed by atoms with Crippen molar-refractivity contribution in [2.75, 3.05) is 0 Å². The van der Waals surface area contributed by atoms with E-state index in [1.807, 2.05) is 24.3 Å². The molecule has 1 radical (unpaired) electrons. The Balaban J connectivity index is 0.000000238. The summed E-state index contributed by atoms with van der Waals surface area (Å²) in [4.78, 5) is 10.00. The molecule has 3 aromatic heterocycles. The summed E-state index contributed by atoms with van der Waals surface area (Å²) in [6.45, 7) is 13.7. The molecule has 8 aromatic carbocycles. The molecular weight excluding hydrogens is 1080 g/mol. The van der Waals surface area contributed by atoms with E-state index in [1.54, 1.807) is 4.40 Å². The number of hydrogen-bond donors (Lipinski definition) is 0. The molecule has 0 atom stereocenters. The number of fused-ring (bicyclic) bond motifs is 6. The van der Waals surface area contributed by atoms with Crippen molar-refractivity contribution in [1.82, 2.24) is 14.5 Å². The molecule has 4 nitrogen and oxygen atoms in total. The summed E-state index contributed by atoms with van der Waals surface area (Å²) in [7, 11) is 0. The van der Waals surface area contributed by atoms with Crippen LogP contribution in [0.1, 0.15) is 70.1 Å². The van der Waals surface area contributed by atoms with Crippen molar-refractivity contribution in [3.63, 3.8) is 0 Å². The molecule has 0 amide bonds. The molecule has 3 heterocycles. The van der Waals surface area contributed by atoms with Crippen LogP contribution in [0, 0.1) is 18.1 Å². The van der Waals surface area contributed by atoms with Gasteiger partial charge in [-0.2, -0.15) is 0 Å². The van der Waals surface area contributed by atoms with Crippen molar-refractivity contribution < 1.29 is 24.5 Å². The second kappa shape index (κ2) is 19.7. The average molecular weight is 1140 g/mol. The summed E-state index contributed by atoms with van der Waals surface area (Å²) in [5, 5.41) is 7.01. The quantitative estimate of drug-likeness (QED) is 0.0822. The molecule has 0 saturated carbocycles. The molecule has 0 saturated heterocycles. The second-order valence-corrected chi connectivity index (χ2v) is 31.0. The smallest absolute Gasteiger partial charge is 0.121 e. The van der Waals surface area contributed by atoms with Gasteiger partial charge in [0, 0.05) is 31.2 Å². The molecule has 0 N–H and O–H groups in total. The predicted molar refractivity (Wildman–Crippen MR) is 291 cm³/mol. The van der Waals surface area contributed by atoms with Gasteiger partial charge in [-0.25, -0.2) is 0 Å². The van der Waals surface area contributed by atoms with E-state index in [2.05, 4.69) is 215 Å². The molecule has 0 aliphatic rings. The Morgan fingerprint density at radius 1 is 0.594 bits per heavy atom. The molecular formula is C63H59GeIrN3O-2. The fourth-order valence-corrected chi connectivity index (χ4v) is 13.2. The summed E-state index contributed by atoms with van der Waals surface area (Å²) in [6.07, 6.45) is 3.27. The van der Waals surface area contributed by atoms with Crippen LogP contribution in [0.3, 0.4) is 0 Å². The van der Waals surface area contributed by atoms with Crippen molar-refractivity contribution in [3.05, 3.63) is 193 Å². The van der Waals surface area contributed by atoms with Crippen molar-refractivity contribution >= 4 is 72.2 Å². The van der Waals surface area contributed by atoms with Crippen molar-refractivity contribution in [2.45, 2.75) is 77.1 Å². The van der Waals surface area contributed by atoms with E-state index in [9.17, 15) is 0 Å². The number of para-hydroxylation sites is 2. The minimum absolute atomic E-state index is 0. The number of imidazole rings is 1. The normalized spacial score (nSPS) is 11.9. The zero-order valence-corrected chi connectivity index (χ0v) is 45.6. The molecule has 11 aromatic rings. The van der Waals surface area contributed by atoms with Crippen molar-refractivity contribution in [2.24, 2.45) is 5.92 Å². The van der Waals surface area contributed by atoms with E-state index >= 15 is 0 Å². The van der Waals surface area contributed by atoms with Crippen LogP contribution in [-0.2, 0) is 26.5 Å². The van der Waals surface area contributed by atoms with Crippen molar-refractivity contribution in [3.8, 4) is 39.5 Å². The summed E-state index contributed by atoms with van der Waals surface area (Å²) in [5.41, 5.74) is 14.6. The molecule has 0 aliphatic heterocycles. The molecule has 0 bridgehead atoms. The largest absolute Gasteiger partial charge is 0.500 e. The summed E-state index contributed by atoms with van der Waals surface area (Å²) in [6, 6.07) is 62.9. The van der Waals surface area contributed by atoms with Gasteiger partial charge in [0.15, 0.2) is 0 Å². The first kappa shape index (κ1) is 47.9. The SMILES string of the molecule is CC(C)Cc1cc(-c2[c-]cccc2)nc[c]1[Ge]([CH3])([CH3])[CH3].CC(C)c1cc(-c2ccccc2)cc(C(C)C)c1-n1c(-c2[c-]cc3oc4cc5cc6ccccc6cc5cc4c3c2)nc2ccccc21.[Ir]. The van der Waals surface area contributed by atoms with Crippen LogP contribution in [0.15, 0.2) is 168 Å². The van der Waals surface area contributed by atoms with Crippen LogP contribution < -0.4 is 4.40 Å². The number of pyridine rings is 1. The number of hydrogen-bond acceptors (Lipinski definition) is 3. The summed E-state index contributed by atoms with van der Waals surface area (Å²) >= 11 is -1.86. The third-order valence-corrected chi connectivity index (χ3v) is 17.5. The topological polar surface area (TPSA) is 43.9 Å². The van der Waals surface area contributed by atoms with E-state index in [0.717, 1.165) is 62.0 Å². The number of aromatic nitrogens is 3. The number of nitrogens with zero attached hydrogens (tertiary/aromatic N) is 3. The molecule has 0 spiro atoms. The Hall–Kier alpha value is -6.11. The van der Waals surface area contributed by atoms with E-state index in [4.69, 9.17) is 14.4 Å². The molecule has 0 aliphatic carbocycles. The van der Waals surface area contributed by atoms with Gasteiger partial charge < -0.3 is 8.98 Å². The van der Waals surface area contributed by atoms with Gasteiger partial charge in [0.2, 0.25) is 0 Å². The fraction of sp³-hybridized carbons (Fsp3) is 0.206. The standard InChI is InChI=1S/C45H35N2O.C18H24GeN.Ir/c1-27(2)36-23-35(29-12-6-5-7-13-29)24-37(28(3)4)44(36)47-41-17-11-10-16-40(41)46-45(47)32-18-19-42-38(22-32)39-25-33-20-30-14-8-9-15-31(30)21-34(33)26-43(39)48-42;1-14(2)11-16-12-18(15-9-7-6-8-10-15)20-13-17(16)19(3,4)5;/h5-17,19-28H,1-4H3;6-9,12-14H,11H2,1-5H3;/q2*-1;. The third kappa shape index (κ3) is 9.62. The van der Waals surface area contributed by atoms with Gasteiger partial charge in [-0.05, 0) is 104 Å². The van der Waals surface area contributed by atoms with Gasteiger partial charge in [-0.3, -0.25) is 4.98 Å². The Kier molecular flexibility index (Phi) is 13.7. The molecule has 0 unspecified atom stereocenters. The minimum atomic E-state index is -1.86.